The molecule has 1 rings (SSSR count). The van der Waals surface area contributed by atoms with Crippen molar-refractivity contribution in [2.45, 2.75) is 12.8 Å². The molecule has 0 spiro atoms. The normalized spacial score (nSPS) is 10.2. The highest BCUT2D eigenvalue weighted by Gasteiger charge is 2.03. The zero-order valence-corrected chi connectivity index (χ0v) is 8.83. The fourth-order valence-corrected chi connectivity index (χ4v) is 1.60. The zero-order chi connectivity index (χ0) is 8.97. The Morgan fingerprint density at radius 3 is 2.83 bits per heavy atom. The van der Waals surface area contributed by atoms with Gasteiger partial charge in [-0.3, -0.25) is 0 Å². The van der Waals surface area contributed by atoms with Crippen LogP contribution in [-0.4, -0.2) is 5.88 Å². The third-order valence-electron chi connectivity index (χ3n) is 1.61. The fourth-order valence-electron chi connectivity index (χ4n) is 0.999. The molecule has 1 aromatic carbocycles. The molecule has 1 aromatic rings. The Labute approximate surface area is 84.9 Å². The van der Waals surface area contributed by atoms with Gasteiger partial charge in [-0.2, -0.15) is 0 Å². The quantitative estimate of drug-likeness (QED) is 0.718. The van der Waals surface area contributed by atoms with E-state index >= 15 is 0 Å². The molecule has 0 nitrogen and oxygen atoms in total. The predicted molar refractivity (Wildman–Crippen MR) is 53.1 cm³/mol. The Morgan fingerprint density at radius 1 is 1.42 bits per heavy atom. The summed E-state index contributed by atoms with van der Waals surface area (Å²) in [5.41, 5.74) is 0.982. The van der Waals surface area contributed by atoms with Gasteiger partial charge in [-0.05, 0) is 40.4 Å². The van der Waals surface area contributed by atoms with Gasteiger partial charge in [0, 0.05) is 5.88 Å². The van der Waals surface area contributed by atoms with Crippen LogP contribution >= 0.6 is 27.5 Å². The lowest BCUT2D eigenvalue weighted by molar-refractivity contribution is 0.617. The summed E-state index contributed by atoms with van der Waals surface area (Å²) in [4.78, 5) is 0. The van der Waals surface area contributed by atoms with Crippen LogP contribution in [0.15, 0.2) is 22.7 Å². The lowest BCUT2D eigenvalue weighted by atomic mass is 10.1. The SMILES string of the molecule is Fc1cccc(CCCCl)c1Br. The first-order valence-corrected chi connectivity index (χ1v) is 5.07. The van der Waals surface area contributed by atoms with Crippen molar-refractivity contribution < 1.29 is 4.39 Å². The highest BCUT2D eigenvalue weighted by atomic mass is 79.9. The standard InChI is InChI=1S/C9H9BrClF/c10-9-7(4-2-6-11)3-1-5-8(9)12/h1,3,5H,2,4,6H2. The van der Waals surface area contributed by atoms with Crippen LogP contribution in [0.1, 0.15) is 12.0 Å². The minimum absolute atomic E-state index is 0.206. The second-order valence-electron chi connectivity index (χ2n) is 2.51. The molecule has 0 aliphatic rings. The Hall–Kier alpha value is -0.0800. The maximum atomic E-state index is 12.9. The first kappa shape index (κ1) is 10.0. The molecular formula is C9H9BrClF. The Bertz CT molecular complexity index is 263. The average molecular weight is 252 g/mol. The number of hydrogen-bond donors (Lipinski definition) is 0. The third-order valence-corrected chi connectivity index (χ3v) is 2.77. The van der Waals surface area contributed by atoms with E-state index in [1.807, 2.05) is 6.07 Å². The van der Waals surface area contributed by atoms with Gasteiger partial charge in [-0.15, -0.1) is 11.6 Å². The molecule has 0 N–H and O–H groups in total. The summed E-state index contributed by atoms with van der Waals surface area (Å²) in [6.07, 6.45) is 1.70. The fraction of sp³-hybridized carbons (Fsp3) is 0.333. The molecule has 0 aromatic heterocycles. The highest BCUT2D eigenvalue weighted by molar-refractivity contribution is 9.10. The summed E-state index contributed by atoms with van der Waals surface area (Å²) in [5, 5.41) is 0. The average Bonchev–Trinajstić information content (AvgIpc) is 2.08. The van der Waals surface area contributed by atoms with Crippen LogP contribution in [0, 0.1) is 5.82 Å². The molecule has 0 heterocycles. The molecule has 3 heteroatoms. The summed E-state index contributed by atoms with van der Waals surface area (Å²) < 4.78 is 13.5. The molecule has 12 heavy (non-hydrogen) atoms. The minimum atomic E-state index is -0.206. The highest BCUT2D eigenvalue weighted by Crippen LogP contribution is 2.21. The van der Waals surface area contributed by atoms with Gasteiger partial charge in [-0.1, -0.05) is 12.1 Å². The summed E-state index contributed by atoms with van der Waals surface area (Å²) in [6, 6.07) is 5.05. The van der Waals surface area contributed by atoms with Crippen molar-refractivity contribution in [3.8, 4) is 0 Å². The van der Waals surface area contributed by atoms with E-state index in [1.165, 1.54) is 6.07 Å². The van der Waals surface area contributed by atoms with Crippen molar-refractivity contribution >= 4 is 27.5 Å². The van der Waals surface area contributed by atoms with E-state index in [0.29, 0.717) is 10.4 Å². The van der Waals surface area contributed by atoms with E-state index in [4.69, 9.17) is 11.6 Å². The molecule has 0 aliphatic carbocycles. The molecule has 0 bridgehead atoms. The molecular weight excluding hydrogens is 242 g/mol. The second-order valence-corrected chi connectivity index (χ2v) is 3.68. The molecule has 0 amide bonds. The van der Waals surface area contributed by atoms with E-state index in [2.05, 4.69) is 15.9 Å². The van der Waals surface area contributed by atoms with Crippen LogP contribution in [0.2, 0.25) is 0 Å². The lowest BCUT2D eigenvalue weighted by Crippen LogP contribution is -1.90. The monoisotopic (exact) mass is 250 g/mol. The third kappa shape index (κ3) is 2.46. The molecule has 0 saturated carbocycles. The summed E-state index contributed by atoms with van der Waals surface area (Å²) >= 11 is 8.73. The first-order valence-electron chi connectivity index (χ1n) is 3.74. The number of aryl methyl sites for hydroxylation is 1. The number of halogens is 3. The van der Waals surface area contributed by atoms with E-state index in [-0.39, 0.29) is 5.82 Å². The van der Waals surface area contributed by atoms with Gasteiger partial charge in [0.1, 0.15) is 5.82 Å². The second kappa shape index (κ2) is 4.83. The van der Waals surface area contributed by atoms with Crippen LogP contribution < -0.4 is 0 Å². The van der Waals surface area contributed by atoms with E-state index in [1.54, 1.807) is 6.07 Å². The topological polar surface area (TPSA) is 0 Å². The van der Waals surface area contributed by atoms with Gasteiger partial charge < -0.3 is 0 Å². The first-order chi connectivity index (χ1) is 5.75. The van der Waals surface area contributed by atoms with Crippen molar-refractivity contribution in [3.05, 3.63) is 34.1 Å². The number of benzene rings is 1. The molecule has 0 aliphatic heterocycles. The molecule has 0 atom stereocenters. The molecule has 0 fully saturated rings. The maximum absolute atomic E-state index is 12.9. The number of alkyl halides is 1. The van der Waals surface area contributed by atoms with E-state index in [0.717, 1.165) is 18.4 Å². The summed E-state index contributed by atoms with van der Waals surface area (Å²) in [5.74, 6) is 0.408. The Balaban J connectivity index is 2.78. The molecule has 0 saturated heterocycles. The van der Waals surface area contributed by atoms with Crippen LogP contribution in [0.3, 0.4) is 0 Å². The van der Waals surface area contributed by atoms with Gasteiger partial charge in [0.15, 0.2) is 0 Å². The lowest BCUT2D eigenvalue weighted by Gasteiger charge is -2.02. The maximum Gasteiger partial charge on any atom is 0.137 e. The predicted octanol–water partition coefficient (Wildman–Crippen LogP) is 3.76. The number of hydrogen-bond acceptors (Lipinski definition) is 0. The van der Waals surface area contributed by atoms with E-state index < -0.39 is 0 Å². The number of rotatable bonds is 3. The van der Waals surface area contributed by atoms with Crippen LogP contribution in [0.4, 0.5) is 4.39 Å². The van der Waals surface area contributed by atoms with Crippen molar-refractivity contribution in [1.29, 1.82) is 0 Å². The molecule has 66 valence electrons. The van der Waals surface area contributed by atoms with Crippen molar-refractivity contribution in [1.82, 2.24) is 0 Å². The van der Waals surface area contributed by atoms with Gasteiger partial charge in [0.25, 0.3) is 0 Å². The Kier molecular flexibility index (Phi) is 4.02. The van der Waals surface area contributed by atoms with E-state index in [9.17, 15) is 4.39 Å². The van der Waals surface area contributed by atoms with Crippen molar-refractivity contribution in [2.24, 2.45) is 0 Å². The van der Waals surface area contributed by atoms with Gasteiger partial charge in [-0.25, -0.2) is 4.39 Å². The van der Waals surface area contributed by atoms with Gasteiger partial charge in [0.05, 0.1) is 4.47 Å². The summed E-state index contributed by atoms with van der Waals surface area (Å²) in [6.45, 7) is 0. The smallest absolute Gasteiger partial charge is 0.137 e. The Morgan fingerprint density at radius 2 is 2.17 bits per heavy atom. The molecule has 0 unspecified atom stereocenters. The summed E-state index contributed by atoms with van der Waals surface area (Å²) in [7, 11) is 0. The van der Waals surface area contributed by atoms with Gasteiger partial charge in [0.2, 0.25) is 0 Å². The van der Waals surface area contributed by atoms with Crippen LogP contribution in [-0.2, 0) is 6.42 Å². The van der Waals surface area contributed by atoms with Crippen molar-refractivity contribution in [2.75, 3.05) is 5.88 Å². The van der Waals surface area contributed by atoms with Crippen LogP contribution in [0.5, 0.6) is 0 Å². The zero-order valence-electron chi connectivity index (χ0n) is 6.49. The van der Waals surface area contributed by atoms with Crippen molar-refractivity contribution in [3.63, 3.8) is 0 Å². The van der Waals surface area contributed by atoms with Gasteiger partial charge >= 0.3 is 0 Å². The van der Waals surface area contributed by atoms with Crippen LogP contribution in [0.25, 0.3) is 0 Å². The largest absolute Gasteiger partial charge is 0.206 e. The molecule has 0 radical (unpaired) electrons. The minimum Gasteiger partial charge on any atom is -0.206 e.